The fraction of sp³-hybridized carbons (Fsp3) is 0.611. The highest BCUT2D eigenvalue weighted by molar-refractivity contribution is 7.09. The van der Waals surface area contributed by atoms with E-state index in [-0.39, 0.29) is 6.42 Å². The van der Waals surface area contributed by atoms with Gasteiger partial charge in [-0.1, -0.05) is 32.1 Å². The number of aromatic nitrogens is 3. The monoisotopic (exact) mass is 377 g/mol. The number of aromatic amines is 1. The van der Waals surface area contributed by atoms with Gasteiger partial charge in [0.15, 0.2) is 11.4 Å². The van der Waals surface area contributed by atoms with Gasteiger partial charge in [0.05, 0.1) is 12.4 Å². The number of Topliss-reactive ketones (excluding diaryl/α,β-unsaturated/α-hetero) is 1. The quantitative estimate of drug-likeness (QED) is 0.551. The number of nitrogens with one attached hydrogen (secondary N) is 1. The van der Waals surface area contributed by atoms with E-state index in [0.29, 0.717) is 17.3 Å². The molecular formula is C18H27N5O2S. The second-order valence-electron chi connectivity index (χ2n) is 7.20. The minimum Gasteiger partial charge on any atom is -0.374 e. The normalized spacial score (nSPS) is 20.4. The molecule has 3 atom stereocenters. The lowest BCUT2D eigenvalue weighted by Gasteiger charge is -2.35. The number of carbonyl (C=O) groups is 1. The number of nitrogens with two attached hydrogens (primary N) is 2. The molecule has 1 aliphatic carbocycles. The van der Waals surface area contributed by atoms with Gasteiger partial charge >= 0.3 is 0 Å². The van der Waals surface area contributed by atoms with Crippen LogP contribution < -0.4 is 11.5 Å². The Morgan fingerprint density at radius 3 is 2.77 bits per heavy atom. The molecule has 1 aliphatic rings. The Balaban J connectivity index is 1.79. The van der Waals surface area contributed by atoms with Crippen LogP contribution in [0.25, 0.3) is 0 Å². The first-order valence-corrected chi connectivity index (χ1v) is 10.0. The Kier molecular flexibility index (Phi) is 6.18. The van der Waals surface area contributed by atoms with Crippen molar-refractivity contribution >= 4 is 17.1 Å². The van der Waals surface area contributed by atoms with Crippen molar-refractivity contribution in [1.29, 1.82) is 0 Å². The summed E-state index contributed by atoms with van der Waals surface area (Å²) in [5.74, 6) is -0.0489. The van der Waals surface area contributed by atoms with E-state index in [4.69, 9.17) is 11.5 Å². The molecule has 0 aromatic carbocycles. The molecule has 8 heteroatoms. The summed E-state index contributed by atoms with van der Waals surface area (Å²) in [6.45, 7) is 0. The number of hydrogen-bond donors (Lipinski definition) is 4. The molecule has 1 unspecified atom stereocenters. The van der Waals surface area contributed by atoms with Gasteiger partial charge in [0.1, 0.15) is 5.01 Å². The van der Waals surface area contributed by atoms with Crippen LogP contribution in [0.2, 0.25) is 0 Å². The van der Waals surface area contributed by atoms with E-state index in [1.54, 1.807) is 17.8 Å². The van der Waals surface area contributed by atoms with Gasteiger partial charge in [-0.05, 0) is 12.3 Å². The Morgan fingerprint density at radius 2 is 2.15 bits per heavy atom. The molecule has 2 aromatic rings. The summed E-state index contributed by atoms with van der Waals surface area (Å²) < 4.78 is 0. The van der Waals surface area contributed by atoms with E-state index in [9.17, 15) is 9.90 Å². The zero-order valence-electron chi connectivity index (χ0n) is 14.8. The number of rotatable bonds is 8. The second-order valence-corrected chi connectivity index (χ2v) is 8.10. The molecule has 0 bridgehead atoms. The third-order valence-electron chi connectivity index (χ3n) is 5.31. The van der Waals surface area contributed by atoms with Crippen LogP contribution in [0.4, 0.5) is 0 Å². The molecule has 142 valence electrons. The molecule has 0 amide bonds. The number of H-pyrrole nitrogens is 1. The molecule has 0 saturated heterocycles. The van der Waals surface area contributed by atoms with Crippen molar-refractivity contribution in [3.8, 4) is 0 Å². The molecule has 3 rings (SSSR count). The summed E-state index contributed by atoms with van der Waals surface area (Å²) >= 11 is 1.24. The molecule has 6 N–H and O–H groups in total. The largest absolute Gasteiger partial charge is 0.374 e. The first-order chi connectivity index (χ1) is 12.5. The van der Waals surface area contributed by atoms with Crippen molar-refractivity contribution in [3.05, 3.63) is 34.8 Å². The number of imidazole rings is 1. The molecule has 26 heavy (non-hydrogen) atoms. The molecule has 2 aromatic heterocycles. The third-order valence-corrected chi connectivity index (χ3v) is 6.21. The summed E-state index contributed by atoms with van der Waals surface area (Å²) in [5, 5.41) is 13.5. The summed E-state index contributed by atoms with van der Waals surface area (Å²) in [7, 11) is 0. The minimum atomic E-state index is -1.86. The van der Waals surface area contributed by atoms with Gasteiger partial charge in [0.25, 0.3) is 0 Å². The molecular weight excluding hydrogens is 350 g/mol. The molecule has 2 heterocycles. The second kappa shape index (κ2) is 8.39. The van der Waals surface area contributed by atoms with Gasteiger partial charge in [0.2, 0.25) is 0 Å². The van der Waals surface area contributed by atoms with Gasteiger partial charge in [-0.3, -0.25) is 4.79 Å². The van der Waals surface area contributed by atoms with Crippen molar-refractivity contribution in [3.63, 3.8) is 0 Å². The lowest BCUT2D eigenvalue weighted by atomic mass is 9.77. The van der Waals surface area contributed by atoms with Crippen LogP contribution in [-0.2, 0) is 16.8 Å². The standard InChI is InChI=1S/C18H27N5O2S/c19-14(9-13-10-21-11-23-13)16(24)18(25,17-22-6-7-26-17)15(20)8-12-4-2-1-3-5-12/h6-7,10-12,14-15,25H,1-5,8-9,19-20H2,(H,21,23)/t14?,15-,18+/m0/s1. The van der Waals surface area contributed by atoms with Crippen molar-refractivity contribution < 1.29 is 9.90 Å². The molecule has 1 saturated carbocycles. The molecule has 0 spiro atoms. The van der Waals surface area contributed by atoms with E-state index in [1.807, 2.05) is 0 Å². The third kappa shape index (κ3) is 4.03. The zero-order valence-corrected chi connectivity index (χ0v) is 15.6. The van der Waals surface area contributed by atoms with Crippen LogP contribution in [0, 0.1) is 5.92 Å². The van der Waals surface area contributed by atoms with E-state index < -0.39 is 23.5 Å². The maximum atomic E-state index is 13.2. The Labute approximate surface area is 157 Å². The van der Waals surface area contributed by atoms with Crippen molar-refractivity contribution in [2.45, 2.75) is 62.6 Å². The fourth-order valence-electron chi connectivity index (χ4n) is 3.82. The summed E-state index contributed by atoms with van der Waals surface area (Å²) in [6.07, 6.45) is 11.4. The smallest absolute Gasteiger partial charge is 0.191 e. The zero-order chi connectivity index (χ0) is 18.6. The Morgan fingerprint density at radius 1 is 1.38 bits per heavy atom. The number of carbonyl (C=O) groups excluding carboxylic acids is 1. The SMILES string of the molecule is NC(Cc1cnc[nH]1)C(=O)[C@@](O)(c1nccs1)[C@@H](N)CC1CCCCC1. The molecule has 1 fully saturated rings. The van der Waals surface area contributed by atoms with E-state index in [1.165, 1.54) is 36.9 Å². The van der Waals surface area contributed by atoms with Gasteiger partial charge in [0, 0.05) is 35.9 Å². The predicted octanol–water partition coefficient (Wildman–Crippen LogP) is 1.49. The highest BCUT2D eigenvalue weighted by Gasteiger charge is 2.48. The van der Waals surface area contributed by atoms with E-state index in [0.717, 1.165) is 18.5 Å². The highest BCUT2D eigenvalue weighted by atomic mass is 32.1. The average Bonchev–Trinajstić information content (AvgIpc) is 3.35. The first-order valence-electron chi connectivity index (χ1n) is 9.17. The number of nitrogens with zero attached hydrogens (tertiary/aromatic N) is 2. The highest BCUT2D eigenvalue weighted by Crippen LogP contribution is 2.35. The van der Waals surface area contributed by atoms with Crippen molar-refractivity contribution in [2.24, 2.45) is 17.4 Å². The minimum absolute atomic E-state index is 0.267. The summed E-state index contributed by atoms with van der Waals surface area (Å²) in [6, 6.07) is -1.61. The maximum absolute atomic E-state index is 13.2. The number of thiazole rings is 1. The lowest BCUT2D eigenvalue weighted by Crippen LogP contribution is -2.57. The topological polar surface area (TPSA) is 131 Å². The van der Waals surface area contributed by atoms with Crippen LogP contribution in [0.5, 0.6) is 0 Å². The molecule has 7 nitrogen and oxygen atoms in total. The fourth-order valence-corrected chi connectivity index (χ4v) is 4.62. The average molecular weight is 378 g/mol. The number of hydrogen-bond acceptors (Lipinski definition) is 7. The van der Waals surface area contributed by atoms with Crippen molar-refractivity contribution in [1.82, 2.24) is 15.0 Å². The number of aliphatic hydroxyl groups is 1. The Bertz CT molecular complexity index is 685. The predicted molar refractivity (Wildman–Crippen MR) is 100 cm³/mol. The van der Waals surface area contributed by atoms with Crippen molar-refractivity contribution in [2.75, 3.05) is 0 Å². The van der Waals surface area contributed by atoms with Crippen LogP contribution in [0.1, 0.15) is 49.2 Å². The lowest BCUT2D eigenvalue weighted by molar-refractivity contribution is -0.143. The van der Waals surface area contributed by atoms with Gasteiger partial charge < -0.3 is 21.6 Å². The van der Waals surface area contributed by atoms with E-state index in [2.05, 4.69) is 15.0 Å². The van der Waals surface area contributed by atoms with Crippen LogP contribution in [0.15, 0.2) is 24.1 Å². The van der Waals surface area contributed by atoms with Gasteiger partial charge in [-0.15, -0.1) is 11.3 Å². The van der Waals surface area contributed by atoms with Crippen LogP contribution in [-0.4, -0.2) is 37.9 Å². The van der Waals surface area contributed by atoms with Gasteiger partial charge in [-0.25, -0.2) is 9.97 Å². The van der Waals surface area contributed by atoms with Crippen LogP contribution >= 0.6 is 11.3 Å². The number of ketones is 1. The molecule has 0 aliphatic heterocycles. The van der Waals surface area contributed by atoms with E-state index >= 15 is 0 Å². The maximum Gasteiger partial charge on any atom is 0.191 e. The first kappa shape index (κ1) is 19.2. The van der Waals surface area contributed by atoms with Crippen LogP contribution in [0.3, 0.4) is 0 Å². The Hall–Kier alpha value is -1.61. The van der Waals surface area contributed by atoms with Gasteiger partial charge in [-0.2, -0.15) is 0 Å². The summed E-state index contributed by atoms with van der Waals surface area (Å²) in [5.41, 5.74) is 11.4. The molecule has 0 radical (unpaired) electrons. The summed E-state index contributed by atoms with van der Waals surface area (Å²) in [4.78, 5) is 24.2.